The summed E-state index contributed by atoms with van der Waals surface area (Å²) in [4.78, 5) is 43.2. The Bertz CT molecular complexity index is 2250. The van der Waals surface area contributed by atoms with Crippen LogP contribution >= 0.6 is 0 Å². The number of Topliss-reactive ketones (excluding diaryl/α,β-unsaturated/α-hetero) is 1. The van der Waals surface area contributed by atoms with Gasteiger partial charge < -0.3 is 24.3 Å². The molecule has 0 radical (unpaired) electrons. The lowest BCUT2D eigenvalue weighted by atomic mass is 9.94. The number of aromatic amines is 2. The Morgan fingerprint density at radius 1 is 0.667 bits per heavy atom. The maximum atomic E-state index is 12.1. The minimum absolute atomic E-state index is 0.407. The number of nitrogens with one attached hydrogen (secondary N) is 2. The van der Waals surface area contributed by atoms with Crippen LogP contribution in [0.15, 0.2) is 91.0 Å². The second-order valence-electron chi connectivity index (χ2n) is 13.0. The molecule has 11 heteroatoms. The highest BCUT2D eigenvalue weighted by Gasteiger charge is 2.26. The Morgan fingerprint density at radius 2 is 1.29 bits per heavy atom. The van der Waals surface area contributed by atoms with E-state index in [1.54, 1.807) is 12.1 Å². The molecule has 51 heavy (non-hydrogen) atoms. The van der Waals surface area contributed by atoms with Gasteiger partial charge in [-0.2, -0.15) is 0 Å². The van der Waals surface area contributed by atoms with Gasteiger partial charge >= 0.3 is 0 Å². The summed E-state index contributed by atoms with van der Waals surface area (Å²) in [6.45, 7) is 4.63. The number of hydrogen-bond acceptors (Lipinski definition) is 9. The van der Waals surface area contributed by atoms with Gasteiger partial charge in [0.25, 0.3) is 0 Å². The predicted octanol–water partition coefficient (Wildman–Crippen LogP) is 6.53. The molecular formula is C40H39N7O4. The van der Waals surface area contributed by atoms with Crippen LogP contribution in [0.3, 0.4) is 0 Å². The number of benzene rings is 4. The highest BCUT2D eigenvalue weighted by atomic mass is 16.5. The van der Waals surface area contributed by atoms with Crippen LogP contribution in [0, 0.1) is 0 Å². The molecule has 0 spiro atoms. The number of allylic oxidation sites excluding steroid dienone is 1. The van der Waals surface area contributed by atoms with Crippen LogP contribution in [-0.2, 0) is 9.53 Å². The molecule has 3 heterocycles. The number of hydrogen-bond donors (Lipinski definition) is 3. The molecule has 0 amide bonds. The fourth-order valence-corrected chi connectivity index (χ4v) is 6.65. The fraction of sp³-hybridized carbons (Fsp3) is 0.250. The number of rotatable bonds is 12. The minimum atomic E-state index is -0.534. The second-order valence-corrected chi connectivity index (χ2v) is 13.0. The Labute approximate surface area is 295 Å². The van der Waals surface area contributed by atoms with Crippen molar-refractivity contribution >= 4 is 45.1 Å². The lowest BCUT2D eigenvalue weighted by Gasteiger charge is -2.33. The number of hydrazine groups is 1. The topological polar surface area (TPSA) is 142 Å². The van der Waals surface area contributed by atoms with Crippen molar-refractivity contribution in [3.63, 3.8) is 0 Å². The summed E-state index contributed by atoms with van der Waals surface area (Å²) < 4.78 is 11.9. The molecule has 6 aromatic rings. The van der Waals surface area contributed by atoms with Crippen molar-refractivity contribution in [2.24, 2.45) is 5.84 Å². The summed E-state index contributed by atoms with van der Waals surface area (Å²) >= 11 is 0. The van der Waals surface area contributed by atoms with Gasteiger partial charge in [-0.3, -0.25) is 15.4 Å². The van der Waals surface area contributed by atoms with Crippen LogP contribution < -0.4 is 15.5 Å². The first kappa shape index (κ1) is 32.4. The first-order valence-electron chi connectivity index (χ1n) is 17.5. The van der Waals surface area contributed by atoms with Crippen LogP contribution in [-0.4, -0.2) is 75.9 Å². The average Bonchev–Trinajstić information content (AvgIpc) is 3.79. The third-order valence-corrected chi connectivity index (χ3v) is 9.52. The lowest BCUT2D eigenvalue weighted by molar-refractivity contribution is -0.111. The van der Waals surface area contributed by atoms with E-state index in [9.17, 15) is 9.59 Å². The molecule has 1 fully saturated rings. The van der Waals surface area contributed by atoms with Gasteiger partial charge in [-0.05, 0) is 86.3 Å². The maximum absolute atomic E-state index is 12.1. The van der Waals surface area contributed by atoms with Gasteiger partial charge in [-0.1, -0.05) is 24.3 Å². The fourth-order valence-electron chi connectivity index (χ4n) is 6.65. The van der Waals surface area contributed by atoms with Gasteiger partial charge in [0.1, 0.15) is 23.2 Å². The largest absolute Gasteiger partial charge is 0.494 e. The Kier molecular flexibility index (Phi) is 9.04. The smallest absolute Gasteiger partial charge is 0.233 e. The van der Waals surface area contributed by atoms with Crippen molar-refractivity contribution in [2.45, 2.75) is 25.7 Å². The quantitative estimate of drug-likeness (QED) is 0.0747. The summed E-state index contributed by atoms with van der Waals surface area (Å²) in [5, 5.41) is 1.87. The number of carbonyl (C=O) groups is 2. The van der Waals surface area contributed by atoms with Crippen LogP contribution in [0.4, 0.5) is 5.69 Å². The number of fused-ring (bicyclic) bond motifs is 3. The molecule has 2 aliphatic rings. The number of nitrogens with zero attached hydrogens (tertiary/aromatic N) is 4. The molecule has 1 aliphatic carbocycles. The van der Waals surface area contributed by atoms with E-state index in [0.717, 1.165) is 102 Å². The molecule has 0 atom stereocenters. The Balaban J connectivity index is 0.814. The van der Waals surface area contributed by atoms with Gasteiger partial charge in [-0.25, -0.2) is 15.0 Å². The standard InChI is InChI=1S/C40H39N7O4/c41-47-19-17-46(18-20-47)28-12-16-33-35(24-28)45-40(43-33)27-11-15-32-34(23-27)44-39(42-32)26-9-13-29(14-10-26)50-21-5-1-2-6-22-51-37-25-36(48)38(49)31-8-4-3-7-30(31)37/h3-4,7-16,23-25H,1-2,5-6,17-22,41H2,(H,42,44)(H,43,45). The Hall–Kier alpha value is -5.78. The summed E-state index contributed by atoms with van der Waals surface area (Å²) in [6, 6.07) is 27.6. The van der Waals surface area contributed by atoms with Crippen LogP contribution in [0.5, 0.6) is 5.75 Å². The van der Waals surface area contributed by atoms with E-state index in [1.807, 2.05) is 47.5 Å². The van der Waals surface area contributed by atoms with Crippen LogP contribution in [0.2, 0.25) is 0 Å². The second kappa shape index (κ2) is 14.2. The monoisotopic (exact) mass is 681 g/mol. The number of H-pyrrole nitrogens is 2. The summed E-state index contributed by atoms with van der Waals surface area (Å²) in [5.41, 5.74) is 8.01. The molecule has 1 saturated heterocycles. The first-order valence-corrected chi connectivity index (χ1v) is 17.5. The molecule has 0 bridgehead atoms. The van der Waals surface area contributed by atoms with E-state index in [-0.39, 0.29) is 0 Å². The number of imidazole rings is 2. The van der Waals surface area contributed by atoms with E-state index in [2.05, 4.69) is 45.2 Å². The Morgan fingerprint density at radius 3 is 2.04 bits per heavy atom. The third-order valence-electron chi connectivity index (χ3n) is 9.52. The van der Waals surface area contributed by atoms with Crippen molar-refractivity contribution in [1.29, 1.82) is 0 Å². The number of unbranched alkanes of at least 4 members (excludes halogenated alkanes) is 3. The number of anilines is 1. The highest BCUT2D eigenvalue weighted by molar-refractivity contribution is 6.50. The SMILES string of the molecule is NN1CCN(c2ccc3nc(-c4ccc5nc(-c6ccc(OCCCCCCOC7=CC(=O)C(=O)c8ccccc87)cc6)[nH]c5c4)[nH]c3c2)CC1. The van der Waals surface area contributed by atoms with Crippen molar-refractivity contribution in [1.82, 2.24) is 24.9 Å². The van der Waals surface area contributed by atoms with E-state index in [4.69, 9.17) is 25.3 Å². The molecule has 1 aliphatic heterocycles. The molecule has 258 valence electrons. The zero-order chi connectivity index (χ0) is 34.7. The third kappa shape index (κ3) is 6.99. The summed E-state index contributed by atoms with van der Waals surface area (Å²) in [5.74, 6) is 7.83. The van der Waals surface area contributed by atoms with Crippen molar-refractivity contribution < 1.29 is 19.1 Å². The normalized spacial score (nSPS) is 15.0. The van der Waals surface area contributed by atoms with Gasteiger partial charge in [0.15, 0.2) is 0 Å². The molecule has 4 aromatic carbocycles. The maximum Gasteiger partial charge on any atom is 0.233 e. The molecule has 2 aromatic heterocycles. The summed E-state index contributed by atoms with van der Waals surface area (Å²) in [6.07, 6.45) is 5.05. The molecule has 11 nitrogen and oxygen atoms in total. The first-order chi connectivity index (χ1) is 25.0. The van der Waals surface area contributed by atoms with Gasteiger partial charge in [0.2, 0.25) is 11.6 Å². The number of carbonyl (C=O) groups excluding carboxylic acids is 2. The van der Waals surface area contributed by atoms with Crippen molar-refractivity contribution in [2.75, 3.05) is 44.3 Å². The molecule has 8 rings (SSSR count). The van der Waals surface area contributed by atoms with E-state index in [1.165, 1.54) is 11.8 Å². The van der Waals surface area contributed by atoms with Gasteiger partial charge in [0, 0.05) is 60.2 Å². The zero-order valence-corrected chi connectivity index (χ0v) is 28.2. The van der Waals surface area contributed by atoms with E-state index < -0.39 is 11.6 Å². The van der Waals surface area contributed by atoms with Crippen LogP contribution in [0.25, 0.3) is 50.6 Å². The molecular weight excluding hydrogens is 642 g/mol. The number of ketones is 2. The van der Waals surface area contributed by atoms with Gasteiger partial charge in [-0.15, -0.1) is 0 Å². The lowest BCUT2D eigenvalue weighted by Crippen LogP contribution is -2.49. The molecule has 4 N–H and O–H groups in total. The zero-order valence-electron chi connectivity index (χ0n) is 28.2. The number of ether oxygens (including phenoxy) is 2. The average molecular weight is 682 g/mol. The van der Waals surface area contributed by atoms with Crippen molar-refractivity contribution in [3.05, 3.63) is 102 Å². The molecule has 0 saturated carbocycles. The highest BCUT2D eigenvalue weighted by Crippen LogP contribution is 2.29. The molecule has 0 unspecified atom stereocenters. The number of nitrogens with two attached hydrogens (primary N) is 1. The summed E-state index contributed by atoms with van der Waals surface area (Å²) in [7, 11) is 0. The number of piperazine rings is 1. The predicted molar refractivity (Wildman–Crippen MR) is 198 cm³/mol. The van der Waals surface area contributed by atoms with Crippen LogP contribution in [0.1, 0.15) is 41.6 Å². The van der Waals surface area contributed by atoms with Gasteiger partial charge in [0.05, 0.1) is 35.3 Å². The van der Waals surface area contributed by atoms with E-state index in [0.29, 0.717) is 30.1 Å². The number of aromatic nitrogens is 4. The van der Waals surface area contributed by atoms with E-state index >= 15 is 0 Å². The van der Waals surface area contributed by atoms with Crippen molar-refractivity contribution in [3.8, 4) is 28.5 Å². The minimum Gasteiger partial charge on any atom is -0.494 e.